The third-order valence-electron chi connectivity index (χ3n) is 5.80. The molecule has 1 heterocycles. The Labute approximate surface area is 224 Å². The van der Waals surface area contributed by atoms with Crippen molar-refractivity contribution >= 4 is 29.4 Å². The summed E-state index contributed by atoms with van der Waals surface area (Å²) in [7, 11) is 0. The first-order valence-corrected chi connectivity index (χ1v) is 12.9. The van der Waals surface area contributed by atoms with Gasteiger partial charge in [-0.15, -0.1) is 0 Å². The molecule has 3 rings (SSSR count). The lowest BCUT2D eigenvalue weighted by atomic mass is 9.92. The molecular formula is C29H37N5O4. The van der Waals surface area contributed by atoms with Gasteiger partial charge in [-0.25, -0.2) is 14.3 Å². The monoisotopic (exact) mass is 519 g/mol. The number of anilines is 2. The second-order valence-electron chi connectivity index (χ2n) is 9.96. The topological polar surface area (TPSA) is 106 Å². The molecule has 0 bridgehead atoms. The minimum absolute atomic E-state index is 0.127. The van der Waals surface area contributed by atoms with E-state index in [1.165, 1.54) is 4.90 Å². The number of carbonyl (C=O) groups excluding carboxylic acids is 3. The van der Waals surface area contributed by atoms with Gasteiger partial charge in [0.1, 0.15) is 12.4 Å². The van der Waals surface area contributed by atoms with Crippen molar-refractivity contribution in [1.29, 1.82) is 0 Å². The Balaban J connectivity index is 1.74. The highest BCUT2D eigenvalue weighted by atomic mass is 16.5. The van der Waals surface area contributed by atoms with Crippen LogP contribution in [0.3, 0.4) is 0 Å². The van der Waals surface area contributed by atoms with Gasteiger partial charge in [-0.2, -0.15) is 5.10 Å². The minimum atomic E-state index is -0.420. The normalized spacial score (nSPS) is 11.1. The summed E-state index contributed by atoms with van der Waals surface area (Å²) < 4.78 is 6.70. The Bertz CT molecular complexity index is 1230. The van der Waals surface area contributed by atoms with Crippen molar-refractivity contribution in [1.82, 2.24) is 14.7 Å². The van der Waals surface area contributed by atoms with Gasteiger partial charge in [0.15, 0.2) is 0 Å². The van der Waals surface area contributed by atoms with Crippen LogP contribution in [0.1, 0.15) is 63.5 Å². The maximum atomic E-state index is 13.1. The van der Waals surface area contributed by atoms with Gasteiger partial charge >= 0.3 is 12.0 Å². The summed E-state index contributed by atoms with van der Waals surface area (Å²) in [5.74, 6) is -0.209. The van der Waals surface area contributed by atoms with Crippen molar-refractivity contribution in [2.45, 2.75) is 52.9 Å². The molecule has 0 aliphatic carbocycles. The molecule has 2 aromatic carbocycles. The lowest BCUT2D eigenvalue weighted by Gasteiger charge is -2.22. The quantitative estimate of drug-likeness (QED) is 0.338. The highest BCUT2D eigenvalue weighted by Gasteiger charge is 2.23. The summed E-state index contributed by atoms with van der Waals surface area (Å²) >= 11 is 0. The fraction of sp³-hybridized carbons (Fsp3) is 0.379. The molecule has 0 aliphatic rings. The van der Waals surface area contributed by atoms with E-state index < -0.39 is 12.0 Å². The van der Waals surface area contributed by atoms with Crippen molar-refractivity contribution < 1.29 is 19.1 Å². The number of rotatable bonds is 10. The summed E-state index contributed by atoms with van der Waals surface area (Å²) in [4.78, 5) is 39.6. The number of unbranched alkanes of at least 4 members (excludes halogenated alkanes) is 1. The number of nitrogens with one attached hydrogen (secondary N) is 2. The highest BCUT2D eigenvalue weighted by molar-refractivity contribution is 5.97. The number of para-hydroxylation sites is 1. The maximum Gasteiger partial charge on any atom is 0.338 e. The average molecular weight is 520 g/mol. The third kappa shape index (κ3) is 7.68. The largest absolute Gasteiger partial charge is 0.462 e. The van der Waals surface area contributed by atoms with Gasteiger partial charge < -0.3 is 20.3 Å². The maximum absolute atomic E-state index is 13.1. The smallest absolute Gasteiger partial charge is 0.338 e. The molecule has 0 radical (unpaired) electrons. The standard InChI is InChI=1S/C29H37N5O4/c1-6-8-18-33(28(37)30-22-16-14-21(15-17-22)27(36)38-7-2)20-26(35)31-25-19-24(29(3,4)5)32-34(25)23-12-10-9-11-13-23/h9-17,19H,6-8,18,20H2,1-5H3,(H,30,37)(H,31,35). The highest BCUT2D eigenvalue weighted by Crippen LogP contribution is 2.26. The van der Waals surface area contributed by atoms with Crippen molar-refractivity contribution in [2.75, 3.05) is 30.3 Å². The summed E-state index contributed by atoms with van der Waals surface area (Å²) in [6.07, 6.45) is 1.62. The molecule has 3 aromatic rings. The van der Waals surface area contributed by atoms with Crippen LogP contribution in [0.15, 0.2) is 60.7 Å². The van der Waals surface area contributed by atoms with E-state index in [1.54, 1.807) is 35.9 Å². The van der Waals surface area contributed by atoms with E-state index in [2.05, 4.69) is 31.4 Å². The number of aromatic nitrogens is 2. The van der Waals surface area contributed by atoms with Gasteiger partial charge in [-0.1, -0.05) is 52.3 Å². The first-order valence-electron chi connectivity index (χ1n) is 12.9. The van der Waals surface area contributed by atoms with Crippen LogP contribution in [-0.2, 0) is 14.9 Å². The summed E-state index contributed by atoms with van der Waals surface area (Å²) in [6, 6.07) is 17.5. The van der Waals surface area contributed by atoms with E-state index in [0.29, 0.717) is 23.6 Å². The molecule has 2 N–H and O–H groups in total. The fourth-order valence-corrected chi connectivity index (χ4v) is 3.67. The Kier molecular flexibility index (Phi) is 9.65. The van der Waals surface area contributed by atoms with Crippen molar-refractivity contribution in [3.63, 3.8) is 0 Å². The second kappa shape index (κ2) is 12.9. The van der Waals surface area contributed by atoms with Crippen LogP contribution in [0.25, 0.3) is 5.69 Å². The van der Waals surface area contributed by atoms with Crippen molar-refractivity contribution in [3.8, 4) is 5.69 Å². The molecular weight excluding hydrogens is 482 g/mol. The number of urea groups is 1. The number of nitrogens with zero attached hydrogens (tertiary/aromatic N) is 3. The molecule has 0 spiro atoms. The number of carbonyl (C=O) groups is 3. The van der Waals surface area contributed by atoms with Crippen LogP contribution in [-0.4, -0.2) is 52.3 Å². The van der Waals surface area contributed by atoms with Gasteiger partial charge in [0.2, 0.25) is 5.91 Å². The zero-order valence-corrected chi connectivity index (χ0v) is 22.8. The van der Waals surface area contributed by atoms with Crippen LogP contribution in [0.4, 0.5) is 16.3 Å². The predicted octanol–water partition coefficient (Wildman–Crippen LogP) is 5.62. The minimum Gasteiger partial charge on any atom is -0.462 e. The number of ether oxygens (including phenoxy) is 1. The number of amides is 3. The van der Waals surface area contributed by atoms with Gasteiger partial charge in [0.25, 0.3) is 0 Å². The van der Waals surface area contributed by atoms with Gasteiger partial charge in [0, 0.05) is 23.7 Å². The van der Waals surface area contributed by atoms with E-state index in [1.807, 2.05) is 43.3 Å². The molecule has 0 atom stereocenters. The summed E-state index contributed by atoms with van der Waals surface area (Å²) in [5.41, 5.74) is 2.36. The molecule has 0 saturated carbocycles. The molecule has 202 valence electrons. The number of hydrogen-bond acceptors (Lipinski definition) is 5. The van der Waals surface area contributed by atoms with Gasteiger partial charge in [0.05, 0.1) is 23.6 Å². The van der Waals surface area contributed by atoms with E-state index in [4.69, 9.17) is 9.84 Å². The third-order valence-corrected chi connectivity index (χ3v) is 5.80. The summed E-state index contributed by atoms with van der Waals surface area (Å²) in [6.45, 7) is 10.5. The molecule has 0 aliphatic heterocycles. The van der Waals surface area contributed by atoms with Gasteiger partial charge in [-0.05, 0) is 49.7 Å². The first-order chi connectivity index (χ1) is 18.1. The first kappa shape index (κ1) is 28.4. The predicted molar refractivity (Wildman–Crippen MR) is 149 cm³/mol. The van der Waals surface area contributed by atoms with Crippen LogP contribution >= 0.6 is 0 Å². The van der Waals surface area contributed by atoms with Crippen molar-refractivity contribution in [3.05, 3.63) is 71.9 Å². The average Bonchev–Trinajstić information content (AvgIpc) is 3.32. The molecule has 3 amide bonds. The zero-order chi connectivity index (χ0) is 27.7. The van der Waals surface area contributed by atoms with Crippen LogP contribution in [0, 0.1) is 0 Å². The van der Waals surface area contributed by atoms with Crippen molar-refractivity contribution in [2.24, 2.45) is 0 Å². The molecule has 1 aromatic heterocycles. The molecule has 38 heavy (non-hydrogen) atoms. The molecule has 9 heteroatoms. The van der Waals surface area contributed by atoms with E-state index in [0.717, 1.165) is 24.2 Å². The molecule has 0 fully saturated rings. The Morgan fingerprint density at radius 1 is 0.974 bits per heavy atom. The van der Waals surface area contributed by atoms with E-state index >= 15 is 0 Å². The fourth-order valence-electron chi connectivity index (χ4n) is 3.67. The number of hydrogen-bond donors (Lipinski definition) is 2. The van der Waals surface area contributed by atoms with Crippen LogP contribution in [0.2, 0.25) is 0 Å². The summed E-state index contributed by atoms with van der Waals surface area (Å²) in [5, 5.41) is 10.5. The second-order valence-corrected chi connectivity index (χ2v) is 9.96. The molecule has 0 saturated heterocycles. The number of esters is 1. The lowest BCUT2D eigenvalue weighted by Crippen LogP contribution is -2.41. The van der Waals surface area contributed by atoms with Gasteiger partial charge in [-0.3, -0.25) is 4.79 Å². The molecule has 9 nitrogen and oxygen atoms in total. The zero-order valence-electron chi connectivity index (χ0n) is 22.8. The lowest BCUT2D eigenvalue weighted by molar-refractivity contribution is -0.116. The SMILES string of the molecule is CCCCN(CC(=O)Nc1cc(C(C)(C)C)nn1-c1ccccc1)C(=O)Nc1ccc(C(=O)OCC)cc1. The van der Waals surface area contributed by atoms with E-state index in [-0.39, 0.29) is 24.5 Å². The Morgan fingerprint density at radius 2 is 1.66 bits per heavy atom. The van der Waals surface area contributed by atoms with Crippen LogP contribution < -0.4 is 10.6 Å². The number of benzene rings is 2. The van der Waals surface area contributed by atoms with E-state index in [9.17, 15) is 14.4 Å². The Morgan fingerprint density at radius 3 is 2.26 bits per heavy atom. The Hall–Kier alpha value is -4.14. The molecule has 0 unspecified atom stereocenters. The van der Waals surface area contributed by atoms with Crippen LogP contribution in [0.5, 0.6) is 0 Å².